The summed E-state index contributed by atoms with van der Waals surface area (Å²) >= 11 is 0. The largest absolute Gasteiger partial charge is 0.619 e. The summed E-state index contributed by atoms with van der Waals surface area (Å²) in [6.07, 6.45) is 3.50. The molecule has 2 nitrogen and oxygen atoms in total. The van der Waals surface area contributed by atoms with E-state index in [1.165, 1.54) is 0 Å². The monoisotopic (exact) mass is 163 g/mol. The zero-order chi connectivity index (χ0) is 8.81. The van der Waals surface area contributed by atoms with Crippen molar-refractivity contribution in [2.24, 2.45) is 0 Å². The first-order valence-corrected chi connectivity index (χ1v) is 4.19. The normalized spacial score (nSPS) is 11.6. The molecule has 0 fully saturated rings. The SMILES string of the molecule is CCCC=[N+]([O-])c1ccccc1. The summed E-state index contributed by atoms with van der Waals surface area (Å²) < 4.78 is 0.920. The van der Waals surface area contributed by atoms with E-state index in [4.69, 9.17) is 0 Å². The number of hydrogen-bond donors (Lipinski definition) is 0. The summed E-state index contributed by atoms with van der Waals surface area (Å²) in [5, 5.41) is 11.3. The second-order valence-corrected chi connectivity index (χ2v) is 2.63. The fraction of sp³-hybridized carbons (Fsp3) is 0.300. The van der Waals surface area contributed by atoms with E-state index in [1.807, 2.05) is 18.2 Å². The number of nitrogens with zero attached hydrogens (tertiary/aromatic N) is 1. The number of para-hydroxylation sites is 1. The van der Waals surface area contributed by atoms with Crippen LogP contribution in [-0.2, 0) is 0 Å². The maximum Gasteiger partial charge on any atom is 0.216 e. The molecule has 0 atom stereocenters. The number of rotatable bonds is 3. The smallest absolute Gasteiger partial charge is 0.216 e. The van der Waals surface area contributed by atoms with Crippen molar-refractivity contribution in [3.8, 4) is 0 Å². The topological polar surface area (TPSA) is 26.1 Å². The molecule has 0 heterocycles. The Hall–Kier alpha value is -1.31. The van der Waals surface area contributed by atoms with E-state index in [1.54, 1.807) is 18.3 Å². The van der Waals surface area contributed by atoms with Crippen LogP contribution in [0.15, 0.2) is 30.3 Å². The maximum atomic E-state index is 11.3. The molecule has 0 bridgehead atoms. The maximum absolute atomic E-state index is 11.3. The van der Waals surface area contributed by atoms with Crippen molar-refractivity contribution in [1.29, 1.82) is 0 Å². The van der Waals surface area contributed by atoms with Gasteiger partial charge in [-0.25, -0.2) is 0 Å². The Labute approximate surface area is 72.7 Å². The minimum absolute atomic E-state index is 0.700. The number of hydrogen-bond acceptors (Lipinski definition) is 1. The fourth-order valence-electron chi connectivity index (χ4n) is 0.927. The quantitative estimate of drug-likeness (QED) is 0.291. The molecule has 0 aromatic heterocycles. The van der Waals surface area contributed by atoms with Crippen LogP contribution in [0.4, 0.5) is 5.69 Å². The lowest BCUT2D eigenvalue weighted by Gasteiger charge is -2.00. The van der Waals surface area contributed by atoms with E-state index in [-0.39, 0.29) is 0 Å². The summed E-state index contributed by atoms with van der Waals surface area (Å²) in [6, 6.07) is 9.23. The van der Waals surface area contributed by atoms with Gasteiger partial charge < -0.3 is 5.21 Å². The van der Waals surface area contributed by atoms with Crippen LogP contribution in [0.1, 0.15) is 19.8 Å². The van der Waals surface area contributed by atoms with Crippen LogP contribution in [0.5, 0.6) is 0 Å². The molecule has 0 spiro atoms. The average Bonchev–Trinajstić information content (AvgIpc) is 2.15. The van der Waals surface area contributed by atoms with Crippen molar-refractivity contribution < 1.29 is 4.74 Å². The van der Waals surface area contributed by atoms with E-state index < -0.39 is 0 Å². The van der Waals surface area contributed by atoms with Crippen LogP contribution in [-0.4, -0.2) is 11.0 Å². The van der Waals surface area contributed by atoms with Crippen molar-refractivity contribution >= 4 is 11.9 Å². The predicted octanol–water partition coefficient (Wildman–Crippen LogP) is 2.70. The van der Waals surface area contributed by atoms with Gasteiger partial charge in [-0.15, -0.1) is 0 Å². The van der Waals surface area contributed by atoms with Gasteiger partial charge in [-0.3, -0.25) is 0 Å². The van der Waals surface area contributed by atoms with Gasteiger partial charge in [-0.2, -0.15) is 4.74 Å². The summed E-state index contributed by atoms with van der Waals surface area (Å²) in [4.78, 5) is 0. The molecule has 64 valence electrons. The Bertz CT molecular complexity index is 254. The van der Waals surface area contributed by atoms with Crippen LogP contribution < -0.4 is 0 Å². The third-order valence-electron chi connectivity index (χ3n) is 1.59. The highest BCUT2D eigenvalue weighted by atomic mass is 16.5. The van der Waals surface area contributed by atoms with Gasteiger partial charge in [0.2, 0.25) is 5.69 Å². The Morgan fingerprint density at radius 3 is 2.58 bits per heavy atom. The van der Waals surface area contributed by atoms with Gasteiger partial charge >= 0.3 is 0 Å². The second kappa shape index (κ2) is 4.54. The van der Waals surface area contributed by atoms with E-state index in [0.717, 1.165) is 17.6 Å². The Kier molecular flexibility index (Phi) is 3.33. The van der Waals surface area contributed by atoms with Gasteiger partial charge in [0.25, 0.3) is 0 Å². The summed E-state index contributed by atoms with van der Waals surface area (Å²) in [5.74, 6) is 0. The highest BCUT2D eigenvalue weighted by molar-refractivity contribution is 5.53. The van der Waals surface area contributed by atoms with Crippen LogP contribution in [0.25, 0.3) is 0 Å². The molecule has 0 amide bonds. The van der Waals surface area contributed by atoms with E-state index in [2.05, 4.69) is 6.92 Å². The van der Waals surface area contributed by atoms with Crippen molar-refractivity contribution in [2.75, 3.05) is 0 Å². The van der Waals surface area contributed by atoms with Crippen molar-refractivity contribution in [3.63, 3.8) is 0 Å². The Balaban J connectivity index is 2.71. The van der Waals surface area contributed by atoms with Crippen LogP contribution in [0.3, 0.4) is 0 Å². The van der Waals surface area contributed by atoms with Gasteiger partial charge in [-0.1, -0.05) is 25.1 Å². The highest BCUT2D eigenvalue weighted by Crippen LogP contribution is 2.08. The first kappa shape index (κ1) is 8.78. The fourth-order valence-corrected chi connectivity index (χ4v) is 0.927. The van der Waals surface area contributed by atoms with E-state index in [9.17, 15) is 5.21 Å². The van der Waals surface area contributed by atoms with Crippen molar-refractivity contribution in [1.82, 2.24) is 0 Å². The molecule has 1 aromatic carbocycles. The first-order chi connectivity index (χ1) is 5.84. The molecule has 12 heavy (non-hydrogen) atoms. The lowest BCUT2D eigenvalue weighted by atomic mass is 10.3. The second-order valence-electron chi connectivity index (χ2n) is 2.63. The minimum Gasteiger partial charge on any atom is -0.619 e. The van der Waals surface area contributed by atoms with Crippen LogP contribution in [0, 0.1) is 5.21 Å². The predicted molar refractivity (Wildman–Crippen MR) is 50.7 cm³/mol. The molecule has 0 N–H and O–H groups in total. The zero-order valence-corrected chi connectivity index (χ0v) is 7.23. The third-order valence-corrected chi connectivity index (χ3v) is 1.59. The summed E-state index contributed by atoms with van der Waals surface area (Å²) in [7, 11) is 0. The van der Waals surface area contributed by atoms with Gasteiger partial charge in [0.15, 0.2) is 6.21 Å². The Morgan fingerprint density at radius 2 is 2.00 bits per heavy atom. The van der Waals surface area contributed by atoms with Gasteiger partial charge in [0.05, 0.1) is 0 Å². The number of benzene rings is 1. The molecule has 1 rings (SSSR count). The third kappa shape index (κ3) is 2.38. The van der Waals surface area contributed by atoms with Crippen molar-refractivity contribution in [3.05, 3.63) is 35.5 Å². The molecule has 0 saturated carbocycles. The van der Waals surface area contributed by atoms with Crippen LogP contribution >= 0.6 is 0 Å². The molecule has 2 heteroatoms. The zero-order valence-electron chi connectivity index (χ0n) is 7.23. The standard InChI is InChI=1S/C10H13NO/c1-2-3-9-11(12)10-7-5-4-6-8-10/h4-9H,2-3H2,1H3. The molecule has 1 aromatic rings. The van der Waals surface area contributed by atoms with Crippen molar-refractivity contribution in [2.45, 2.75) is 19.8 Å². The lowest BCUT2D eigenvalue weighted by molar-refractivity contribution is -0.356. The van der Waals surface area contributed by atoms with Gasteiger partial charge in [-0.05, 0) is 6.42 Å². The molecule has 0 radical (unpaired) electrons. The Morgan fingerprint density at radius 1 is 1.33 bits per heavy atom. The molecule has 0 aliphatic carbocycles. The molecular weight excluding hydrogens is 150 g/mol. The summed E-state index contributed by atoms with van der Waals surface area (Å²) in [5.41, 5.74) is 0.700. The van der Waals surface area contributed by atoms with Crippen LogP contribution in [0.2, 0.25) is 0 Å². The highest BCUT2D eigenvalue weighted by Gasteiger charge is 1.96. The van der Waals surface area contributed by atoms with Gasteiger partial charge in [0.1, 0.15) is 0 Å². The number of unbranched alkanes of at least 4 members (excludes halogenated alkanes) is 1. The van der Waals surface area contributed by atoms with Gasteiger partial charge in [0, 0.05) is 18.6 Å². The molecule has 0 aliphatic rings. The molecule has 0 saturated heterocycles. The lowest BCUT2D eigenvalue weighted by Crippen LogP contribution is -1.96. The molecular formula is C10H13NO. The minimum atomic E-state index is 0.700. The molecule has 0 aliphatic heterocycles. The molecule has 0 unspecified atom stereocenters. The van der Waals surface area contributed by atoms with E-state index in [0.29, 0.717) is 5.69 Å². The average molecular weight is 163 g/mol. The first-order valence-electron chi connectivity index (χ1n) is 4.19. The van der Waals surface area contributed by atoms with E-state index >= 15 is 0 Å². The summed E-state index contributed by atoms with van der Waals surface area (Å²) in [6.45, 7) is 2.05.